The molecule has 19 heavy (non-hydrogen) atoms. The van der Waals surface area contributed by atoms with Crippen LogP contribution in [-0.4, -0.2) is 36.3 Å². The van der Waals surface area contributed by atoms with E-state index >= 15 is 0 Å². The molecule has 1 heterocycles. The van der Waals surface area contributed by atoms with E-state index in [9.17, 15) is 9.59 Å². The summed E-state index contributed by atoms with van der Waals surface area (Å²) >= 11 is 0. The molecule has 4 heteroatoms. The smallest absolute Gasteiger partial charge is 0.225 e. The molecule has 0 aromatic heterocycles. The highest BCUT2D eigenvalue weighted by Gasteiger charge is 2.32. The summed E-state index contributed by atoms with van der Waals surface area (Å²) in [6.45, 7) is 3.95. The van der Waals surface area contributed by atoms with Gasteiger partial charge in [-0.15, -0.1) is 0 Å². The van der Waals surface area contributed by atoms with E-state index in [0.29, 0.717) is 26.1 Å². The van der Waals surface area contributed by atoms with Crippen molar-refractivity contribution < 1.29 is 9.59 Å². The Hall–Kier alpha value is -1.32. The van der Waals surface area contributed by atoms with E-state index in [2.05, 4.69) is 11.4 Å². The summed E-state index contributed by atoms with van der Waals surface area (Å²) in [6, 6.07) is 0. The van der Waals surface area contributed by atoms with Crippen molar-refractivity contribution in [2.75, 3.05) is 19.6 Å². The van der Waals surface area contributed by atoms with Crippen molar-refractivity contribution in [3.05, 3.63) is 11.6 Å². The summed E-state index contributed by atoms with van der Waals surface area (Å²) in [6.07, 6.45) is 8.60. The monoisotopic (exact) mass is 264 g/mol. The molecule has 2 rings (SSSR count). The molecular formula is C15H24N2O2. The maximum absolute atomic E-state index is 12.0. The van der Waals surface area contributed by atoms with E-state index in [-0.39, 0.29) is 17.7 Å². The second-order valence-corrected chi connectivity index (χ2v) is 5.48. The molecule has 0 spiro atoms. The number of nitrogens with zero attached hydrogens (tertiary/aromatic N) is 1. The fourth-order valence-electron chi connectivity index (χ4n) is 2.88. The maximum Gasteiger partial charge on any atom is 0.225 e. The molecule has 0 bridgehead atoms. The van der Waals surface area contributed by atoms with Crippen LogP contribution < -0.4 is 5.32 Å². The van der Waals surface area contributed by atoms with Crippen LogP contribution in [0.25, 0.3) is 0 Å². The number of hydrogen-bond donors (Lipinski definition) is 1. The van der Waals surface area contributed by atoms with E-state index in [1.54, 1.807) is 4.90 Å². The molecule has 1 saturated heterocycles. The molecule has 0 aromatic rings. The largest absolute Gasteiger partial charge is 0.355 e. The van der Waals surface area contributed by atoms with Gasteiger partial charge in [0, 0.05) is 26.1 Å². The van der Waals surface area contributed by atoms with E-state index in [0.717, 1.165) is 6.42 Å². The van der Waals surface area contributed by atoms with Crippen molar-refractivity contribution in [3.63, 3.8) is 0 Å². The highest BCUT2D eigenvalue weighted by molar-refractivity contribution is 5.89. The Labute approximate surface area is 115 Å². The molecule has 1 N–H and O–H groups in total. The van der Waals surface area contributed by atoms with Crippen molar-refractivity contribution >= 4 is 11.8 Å². The standard InChI is InChI=1S/C15H24N2O2/c1-2-17-11-13(10-14(17)18)15(19)16-9-8-12-6-4-3-5-7-12/h6,13H,2-5,7-11H2,1H3,(H,16,19). The van der Waals surface area contributed by atoms with Crippen LogP contribution in [0.5, 0.6) is 0 Å². The molecule has 1 aliphatic carbocycles. The van der Waals surface area contributed by atoms with Crippen LogP contribution in [-0.2, 0) is 9.59 Å². The number of carbonyl (C=O) groups excluding carboxylic acids is 2. The molecule has 1 unspecified atom stereocenters. The summed E-state index contributed by atoms with van der Waals surface area (Å²) in [5.74, 6) is 0.00568. The number of amides is 2. The Morgan fingerprint density at radius 3 is 2.95 bits per heavy atom. The van der Waals surface area contributed by atoms with Gasteiger partial charge in [-0.3, -0.25) is 9.59 Å². The van der Waals surface area contributed by atoms with Crippen molar-refractivity contribution in [3.8, 4) is 0 Å². The third-order valence-electron chi connectivity index (χ3n) is 4.10. The summed E-state index contributed by atoms with van der Waals surface area (Å²) in [7, 11) is 0. The van der Waals surface area contributed by atoms with Gasteiger partial charge in [0.25, 0.3) is 0 Å². The van der Waals surface area contributed by atoms with E-state index in [4.69, 9.17) is 0 Å². The first-order chi connectivity index (χ1) is 9.20. The first kappa shape index (κ1) is 14.1. The third-order valence-corrected chi connectivity index (χ3v) is 4.10. The fourth-order valence-corrected chi connectivity index (χ4v) is 2.88. The fraction of sp³-hybridized carbons (Fsp3) is 0.733. The van der Waals surface area contributed by atoms with Gasteiger partial charge in [-0.25, -0.2) is 0 Å². The highest BCUT2D eigenvalue weighted by Crippen LogP contribution is 2.20. The van der Waals surface area contributed by atoms with Gasteiger partial charge in [-0.05, 0) is 39.0 Å². The van der Waals surface area contributed by atoms with Gasteiger partial charge in [-0.1, -0.05) is 11.6 Å². The highest BCUT2D eigenvalue weighted by atomic mass is 16.2. The number of rotatable bonds is 5. The lowest BCUT2D eigenvalue weighted by molar-refractivity contribution is -0.128. The summed E-state index contributed by atoms with van der Waals surface area (Å²) in [5, 5.41) is 2.98. The predicted octanol–water partition coefficient (Wildman–Crippen LogP) is 1.86. The number of hydrogen-bond acceptors (Lipinski definition) is 2. The zero-order chi connectivity index (χ0) is 13.7. The molecular weight excluding hydrogens is 240 g/mol. The van der Waals surface area contributed by atoms with E-state index in [1.807, 2.05) is 6.92 Å². The van der Waals surface area contributed by atoms with Crippen LogP contribution in [0.4, 0.5) is 0 Å². The lowest BCUT2D eigenvalue weighted by atomic mass is 9.97. The number of carbonyl (C=O) groups is 2. The minimum absolute atomic E-state index is 0.0423. The summed E-state index contributed by atoms with van der Waals surface area (Å²) in [4.78, 5) is 25.3. The average molecular weight is 264 g/mol. The van der Waals surface area contributed by atoms with E-state index < -0.39 is 0 Å². The predicted molar refractivity (Wildman–Crippen MR) is 74.5 cm³/mol. The average Bonchev–Trinajstić information content (AvgIpc) is 2.81. The minimum Gasteiger partial charge on any atom is -0.355 e. The number of allylic oxidation sites excluding steroid dienone is 1. The van der Waals surface area contributed by atoms with Gasteiger partial charge in [0.15, 0.2) is 0 Å². The quantitative estimate of drug-likeness (QED) is 0.771. The van der Waals surface area contributed by atoms with Gasteiger partial charge in [0.05, 0.1) is 5.92 Å². The Bertz CT molecular complexity index is 376. The molecule has 0 aromatic carbocycles. The van der Waals surface area contributed by atoms with Gasteiger partial charge in [0.2, 0.25) is 11.8 Å². The van der Waals surface area contributed by atoms with Crippen molar-refractivity contribution in [2.45, 2.75) is 45.4 Å². The SMILES string of the molecule is CCN1CC(C(=O)NCCC2=CCCCC2)CC1=O. The molecule has 4 nitrogen and oxygen atoms in total. The van der Waals surface area contributed by atoms with Crippen LogP contribution >= 0.6 is 0 Å². The molecule has 1 fully saturated rings. The Morgan fingerprint density at radius 1 is 1.47 bits per heavy atom. The normalized spacial score (nSPS) is 23.4. The molecule has 0 saturated carbocycles. The van der Waals surface area contributed by atoms with Gasteiger partial charge >= 0.3 is 0 Å². The second-order valence-electron chi connectivity index (χ2n) is 5.48. The molecule has 106 valence electrons. The summed E-state index contributed by atoms with van der Waals surface area (Å²) < 4.78 is 0. The van der Waals surface area contributed by atoms with Crippen LogP contribution in [0, 0.1) is 5.92 Å². The minimum atomic E-state index is -0.146. The lowest BCUT2D eigenvalue weighted by Gasteiger charge is -2.15. The molecule has 2 aliphatic rings. The zero-order valence-electron chi connectivity index (χ0n) is 11.8. The topological polar surface area (TPSA) is 49.4 Å². The van der Waals surface area contributed by atoms with Crippen molar-refractivity contribution in [1.82, 2.24) is 10.2 Å². The van der Waals surface area contributed by atoms with E-state index in [1.165, 1.54) is 31.3 Å². The molecule has 1 aliphatic heterocycles. The van der Waals surface area contributed by atoms with Crippen LogP contribution in [0.1, 0.15) is 45.4 Å². The van der Waals surface area contributed by atoms with Crippen LogP contribution in [0.15, 0.2) is 11.6 Å². The Kier molecular flexibility index (Phi) is 5.00. The van der Waals surface area contributed by atoms with Gasteiger partial charge in [-0.2, -0.15) is 0 Å². The third kappa shape index (κ3) is 3.82. The lowest BCUT2D eigenvalue weighted by Crippen LogP contribution is -2.33. The second kappa shape index (κ2) is 6.73. The first-order valence-corrected chi connectivity index (χ1v) is 7.44. The molecule has 2 amide bonds. The summed E-state index contributed by atoms with van der Waals surface area (Å²) in [5.41, 5.74) is 1.48. The van der Waals surface area contributed by atoms with Crippen molar-refractivity contribution in [1.29, 1.82) is 0 Å². The molecule has 0 radical (unpaired) electrons. The zero-order valence-corrected chi connectivity index (χ0v) is 11.8. The Balaban J connectivity index is 1.70. The number of nitrogens with one attached hydrogen (secondary N) is 1. The van der Waals surface area contributed by atoms with Crippen LogP contribution in [0.2, 0.25) is 0 Å². The van der Waals surface area contributed by atoms with Gasteiger partial charge in [0.1, 0.15) is 0 Å². The van der Waals surface area contributed by atoms with Crippen molar-refractivity contribution in [2.24, 2.45) is 5.92 Å². The first-order valence-electron chi connectivity index (χ1n) is 7.44. The Morgan fingerprint density at radius 2 is 2.32 bits per heavy atom. The van der Waals surface area contributed by atoms with Crippen LogP contribution in [0.3, 0.4) is 0 Å². The maximum atomic E-state index is 12.0. The van der Waals surface area contributed by atoms with Gasteiger partial charge < -0.3 is 10.2 Å². The number of likely N-dealkylation sites (tertiary alicyclic amines) is 1. The molecule has 1 atom stereocenters.